The molecule has 3 heteroatoms. The second-order valence-electron chi connectivity index (χ2n) is 4.16. The third-order valence-electron chi connectivity index (χ3n) is 3.44. The van der Waals surface area contributed by atoms with Crippen LogP contribution in [0.1, 0.15) is 25.7 Å². The van der Waals surface area contributed by atoms with E-state index in [4.69, 9.17) is 22.1 Å². The van der Waals surface area contributed by atoms with Gasteiger partial charge in [0.15, 0.2) is 0 Å². The summed E-state index contributed by atoms with van der Waals surface area (Å²) < 4.78 is 5.82. The van der Waals surface area contributed by atoms with Gasteiger partial charge in [-0.3, -0.25) is 0 Å². The van der Waals surface area contributed by atoms with E-state index in [-0.39, 0.29) is 5.41 Å². The lowest BCUT2D eigenvalue weighted by atomic mass is 9.72. The molecular weight excluding hydrogens is 186 g/mol. The molecule has 2 nitrogen and oxygen atoms in total. The lowest BCUT2D eigenvalue weighted by molar-refractivity contribution is 0.0647. The number of allylic oxidation sites excluding steroid dienone is 1. The van der Waals surface area contributed by atoms with Gasteiger partial charge in [-0.05, 0) is 25.7 Å². The van der Waals surface area contributed by atoms with Gasteiger partial charge in [-0.15, -0.1) is 0 Å². The van der Waals surface area contributed by atoms with Crippen LogP contribution < -0.4 is 5.73 Å². The maximum absolute atomic E-state index is 5.84. The second-order valence-corrected chi connectivity index (χ2v) is 4.41. The molecule has 74 valence electrons. The zero-order valence-corrected chi connectivity index (χ0v) is 8.46. The molecule has 3 atom stereocenters. The molecule has 2 bridgehead atoms. The topological polar surface area (TPSA) is 35.2 Å². The van der Waals surface area contributed by atoms with Crippen molar-refractivity contribution < 1.29 is 4.74 Å². The molecule has 0 aromatic carbocycles. The van der Waals surface area contributed by atoms with Crippen molar-refractivity contribution in [3.05, 3.63) is 11.6 Å². The van der Waals surface area contributed by atoms with E-state index in [2.05, 4.69) is 0 Å². The SMILES string of the molecule is NCC1(C/C=C/Cl)CC2CCC1O2. The zero-order chi connectivity index (χ0) is 9.31. The molecule has 2 rings (SSSR count). The summed E-state index contributed by atoms with van der Waals surface area (Å²) in [5.74, 6) is 0. The minimum Gasteiger partial charge on any atom is -0.374 e. The van der Waals surface area contributed by atoms with Crippen LogP contribution in [-0.2, 0) is 4.74 Å². The Labute approximate surface area is 84.1 Å². The zero-order valence-electron chi connectivity index (χ0n) is 7.71. The van der Waals surface area contributed by atoms with Crippen LogP contribution in [0.15, 0.2) is 11.6 Å². The summed E-state index contributed by atoms with van der Waals surface area (Å²) in [6.07, 6.45) is 7.34. The van der Waals surface area contributed by atoms with E-state index < -0.39 is 0 Å². The number of ether oxygens (including phenoxy) is 1. The Balaban J connectivity index is 2.07. The van der Waals surface area contributed by atoms with Gasteiger partial charge in [0.1, 0.15) is 0 Å². The summed E-state index contributed by atoms with van der Waals surface area (Å²) >= 11 is 5.54. The van der Waals surface area contributed by atoms with Crippen molar-refractivity contribution in [3.63, 3.8) is 0 Å². The molecule has 2 N–H and O–H groups in total. The fourth-order valence-corrected chi connectivity index (χ4v) is 2.77. The quantitative estimate of drug-likeness (QED) is 0.759. The molecule has 0 aromatic rings. The van der Waals surface area contributed by atoms with Crippen molar-refractivity contribution in [2.45, 2.75) is 37.9 Å². The summed E-state index contributed by atoms with van der Waals surface area (Å²) in [5, 5.41) is 0. The fraction of sp³-hybridized carbons (Fsp3) is 0.800. The van der Waals surface area contributed by atoms with Crippen LogP contribution in [0.5, 0.6) is 0 Å². The first-order chi connectivity index (χ1) is 6.30. The van der Waals surface area contributed by atoms with Crippen LogP contribution in [-0.4, -0.2) is 18.8 Å². The standard InChI is InChI=1S/C10H16ClNO/c11-5-1-4-10(7-12)6-8-2-3-9(10)13-8/h1,5,8-9H,2-4,6-7,12H2/b5-1+. The Morgan fingerprint density at radius 3 is 2.85 bits per heavy atom. The molecule has 2 fully saturated rings. The highest BCUT2D eigenvalue weighted by Gasteiger charge is 2.50. The van der Waals surface area contributed by atoms with E-state index in [1.807, 2.05) is 6.08 Å². The average molecular weight is 202 g/mol. The number of hydrogen-bond donors (Lipinski definition) is 1. The lowest BCUT2D eigenvalue weighted by Gasteiger charge is -2.32. The number of rotatable bonds is 3. The predicted octanol–water partition coefficient (Wildman–Crippen LogP) is 2.03. The van der Waals surface area contributed by atoms with E-state index in [9.17, 15) is 0 Å². The predicted molar refractivity (Wildman–Crippen MR) is 53.6 cm³/mol. The van der Waals surface area contributed by atoms with Gasteiger partial charge < -0.3 is 10.5 Å². The number of fused-ring (bicyclic) bond motifs is 2. The van der Waals surface area contributed by atoms with E-state index in [0.717, 1.165) is 19.4 Å². The number of nitrogens with two attached hydrogens (primary N) is 1. The Morgan fingerprint density at radius 1 is 1.54 bits per heavy atom. The van der Waals surface area contributed by atoms with E-state index >= 15 is 0 Å². The molecule has 0 radical (unpaired) electrons. The third-order valence-corrected chi connectivity index (χ3v) is 3.62. The number of hydrogen-bond acceptors (Lipinski definition) is 2. The summed E-state index contributed by atoms with van der Waals surface area (Å²) in [4.78, 5) is 0. The Bertz CT molecular complexity index is 219. The molecule has 0 spiro atoms. The van der Waals surface area contributed by atoms with Crippen molar-refractivity contribution in [1.82, 2.24) is 0 Å². The highest BCUT2D eigenvalue weighted by atomic mass is 35.5. The van der Waals surface area contributed by atoms with Crippen LogP contribution >= 0.6 is 11.6 Å². The van der Waals surface area contributed by atoms with Gasteiger partial charge in [0, 0.05) is 17.5 Å². The highest BCUT2D eigenvalue weighted by molar-refractivity contribution is 6.25. The van der Waals surface area contributed by atoms with Gasteiger partial charge in [0.2, 0.25) is 0 Å². The van der Waals surface area contributed by atoms with Gasteiger partial charge >= 0.3 is 0 Å². The molecule has 2 heterocycles. The minimum atomic E-state index is 0.189. The van der Waals surface area contributed by atoms with Crippen molar-refractivity contribution in [1.29, 1.82) is 0 Å². The minimum absolute atomic E-state index is 0.189. The van der Waals surface area contributed by atoms with E-state index in [0.29, 0.717) is 12.2 Å². The maximum atomic E-state index is 5.84. The summed E-state index contributed by atoms with van der Waals surface area (Å²) in [6, 6.07) is 0. The molecule has 2 aliphatic rings. The van der Waals surface area contributed by atoms with Gasteiger partial charge in [0.25, 0.3) is 0 Å². The lowest BCUT2D eigenvalue weighted by Crippen LogP contribution is -2.39. The molecule has 2 saturated heterocycles. The van der Waals surface area contributed by atoms with Crippen molar-refractivity contribution in [2.75, 3.05) is 6.54 Å². The molecule has 0 amide bonds. The smallest absolute Gasteiger partial charge is 0.0652 e. The first-order valence-corrected chi connectivity index (χ1v) is 5.35. The Morgan fingerprint density at radius 2 is 2.38 bits per heavy atom. The van der Waals surface area contributed by atoms with Gasteiger partial charge in [-0.1, -0.05) is 17.7 Å². The van der Waals surface area contributed by atoms with Crippen LogP contribution in [0, 0.1) is 5.41 Å². The molecule has 2 aliphatic heterocycles. The Hall–Kier alpha value is -0.0500. The van der Waals surface area contributed by atoms with Crippen LogP contribution in [0.3, 0.4) is 0 Å². The van der Waals surface area contributed by atoms with E-state index in [1.54, 1.807) is 5.54 Å². The largest absolute Gasteiger partial charge is 0.374 e. The fourth-order valence-electron chi connectivity index (χ4n) is 2.68. The summed E-state index contributed by atoms with van der Waals surface area (Å²) in [6.45, 7) is 0.718. The molecule has 0 saturated carbocycles. The molecular formula is C10H16ClNO. The normalized spacial score (nSPS) is 43.5. The first-order valence-electron chi connectivity index (χ1n) is 4.91. The van der Waals surface area contributed by atoms with Crippen molar-refractivity contribution >= 4 is 11.6 Å². The monoisotopic (exact) mass is 201 g/mol. The molecule has 0 aliphatic carbocycles. The molecule has 3 unspecified atom stereocenters. The maximum Gasteiger partial charge on any atom is 0.0652 e. The summed E-state index contributed by atoms with van der Waals surface area (Å²) in [5.41, 5.74) is 7.61. The Kier molecular flexibility index (Phi) is 2.63. The molecule has 0 aromatic heterocycles. The highest BCUT2D eigenvalue weighted by Crippen LogP contribution is 2.49. The van der Waals surface area contributed by atoms with Crippen LogP contribution in [0.2, 0.25) is 0 Å². The summed E-state index contributed by atoms with van der Waals surface area (Å²) in [7, 11) is 0. The third kappa shape index (κ3) is 1.51. The average Bonchev–Trinajstić information content (AvgIpc) is 2.74. The number of halogens is 1. The van der Waals surface area contributed by atoms with Crippen molar-refractivity contribution in [2.24, 2.45) is 11.1 Å². The first kappa shape index (κ1) is 9.50. The van der Waals surface area contributed by atoms with Crippen molar-refractivity contribution in [3.8, 4) is 0 Å². The van der Waals surface area contributed by atoms with Gasteiger partial charge in [0.05, 0.1) is 12.2 Å². The molecule has 13 heavy (non-hydrogen) atoms. The van der Waals surface area contributed by atoms with Crippen LogP contribution in [0.4, 0.5) is 0 Å². The second kappa shape index (κ2) is 3.60. The van der Waals surface area contributed by atoms with Gasteiger partial charge in [-0.25, -0.2) is 0 Å². The van der Waals surface area contributed by atoms with Crippen LogP contribution in [0.25, 0.3) is 0 Å². The van der Waals surface area contributed by atoms with E-state index in [1.165, 1.54) is 12.8 Å². The van der Waals surface area contributed by atoms with Gasteiger partial charge in [-0.2, -0.15) is 0 Å².